The van der Waals surface area contributed by atoms with Gasteiger partial charge in [0.25, 0.3) is 0 Å². The molecule has 9 nitrogen and oxygen atoms in total. The molecule has 0 spiro atoms. The molecular weight excluding hydrogens is 282 g/mol. The maximum atomic E-state index is 10.4. The second-order valence-corrected chi connectivity index (χ2v) is 4.31. The molecule has 0 aromatic carbocycles. The van der Waals surface area contributed by atoms with E-state index in [-0.39, 0.29) is 25.9 Å². The van der Waals surface area contributed by atoms with Gasteiger partial charge < -0.3 is 32.1 Å². The largest absolute Gasteiger partial charge is 0.480 e. The molecule has 8 N–H and O–H groups in total. The van der Waals surface area contributed by atoms with Crippen LogP contribution in [0, 0.1) is 0 Å². The SMILES string of the molecule is CCCNC(CCO)C(=O)O.NC(=O)CCC(N)C(=O)O. The van der Waals surface area contributed by atoms with Gasteiger partial charge in [0.15, 0.2) is 0 Å². The van der Waals surface area contributed by atoms with Gasteiger partial charge in [0, 0.05) is 13.0 Å². The highest BCUT2D eigenvalue weighted by atomic mass is 16.4. The van der Waals surface area contributed by atoms with Crippen molar-refractivity contribution in [2.24, 2.45) is 11.5 Å². The second kappa shape index (κ2) is 13.3. The maximum Gasteiger partial charge on any atom is 0.320 e. The van der Waals surface area contributed by atoms with Gasteiger partial charge in [-0.2, -0.15) is 0 Å². The van der Waals surface area contributed by atoms with Crippen molar-refractivity contribution in [3.8, 4) is 0 Å². The number of aliphatic carboxylic acids is 2. The molecule has 0 bridgehead atoms. The van der Waals surface area contributed by atoms with Gasteiger partial charge in [-0.05, 0) is 25.8 Å². The summed E-state index contributed by atoms with van der Waals surface area (Å²) in [6, 6.07) is -1.58. The molecule has 0 aliphatic heterocycles. The molecule has 0 saturated heterocycles. The van der Waals surface area contributed by atoms with Gasteiger partial charge in [0.1, 0.15) is 12.1 Å². The van der Waals surface area contributed by atoms with Crippen LogP contribution in [-0.4, -0.2) is 58.4 Å². The highest BCUT2D eigenvalue weighted by Crippen LogP contribution is 1.92. The molecule has 2 unspecified atom stereocenters. The lowest BCUT2D eigenvalue weighted by molar-refractivity contribution is -0.140. The predicted octanol–water partition coefficient (Wildman–Crippen LogP) is -1.51. The zero-order valence-electron chi connectivity index (χ0n) is 12.1. The summed E-state index contributed by atoms with van der Waals surface area (Å²) in [5, 5.41) is 28.1. The van der Waals surface area contributed by atoms with Crippen LogP contribution in [0.25, 0.3) is 0 Å². The Hall–Kier alpha value is -1.71. The summed E-state index contributed by atoms with van der Waals surface area (Å²) in [7, 11) is 0. The number of carbonyl (C=O) groups excluding carboxylic acids is 1. The average Bonchev–Trinajstić information content (AvgIpc) is 2.40. The van der Waals surface area contributed by atoms with E-state index in [1.165, 1.54) is 0 Å². The van der Waals surface area contributed by atoms with Crippen LogP contribution >= 0.6 is 0 Å². The van der Waals surface area contributed by atoms with Gasteiger partial charge in [-0.25, -0.2) is 0 Å². The van der Waals surface area contributed by atoms with Crippen LogP contribution in [0.4, 0.5) is 0 Å². The Balaban J connectivity index is 0. The zero-order valence-corrected chi connectivity index (χ0v) is 12.1. The van der Waals surface area contributed by atoms with E-state index >= 15 is 0 Å². The van der Waals surface area contributed by atoms with E-state index < -0.39 is 29.9 Å². The summed E-state index contributed by atoms with van der Waals surface area (Å²) in [5.74, 6) is -2.54. The summed E-state index contributed by atoms with van der Waals surface area (Å²) in [5.41, 5.74) is 9.81. The molecule has 124 valence electrons. The van der Waals surface area contributed by atoms with Crippen LogP contribution in [0.3, 0.4) is 0 Å². The van der Waals surface area contributed by atoms with Crippen LogP contribution in [0.2, 0.25) is 0 Å². The summed E-state index contributed by atoms with van der Waals surface area (Å²) in [6.45, 7) is 2.55. The minimum absolute atomic E-state index is 0.0213. The Morgan fingerprint density at radius 1 is 1.14 bits per heavy atom. The number of hydrogen-bond donors (Lipinski definition) is 6. The normalized spacial score (nSPS) is 12.7. The van der Waals surface area contributed by atoms with E-state index in [1.807, 2.05) is 6.92 Å². The number of aliphatic hydroxyl groups excluding tert-OH is 1. The highest BCUT2D eigenvalue weighted by molar-refractivity contribution is 5.77. The third-order valence-corrected chi connectivity index (χ3v) is 2.38. The molecule has 0 aliphatic carbocycles. The number of amides is 1. The highest BCUT2D eigenvalue weighted by Gasteiger charge is 2.14. The molecule has 0 rings (SSSR count). The second-order valence-electron chi connectivity index (χ2n) is 4.31. The first-order valence-corrected chi connectivity index (χ1v) is 6.59. The first-order valence-electron chi connectivity index (χ1n) is 6.59. The Bertz CT molecular complexity index is 324. The fourth-order valence-corrected chi connectivity index (χ4v) is 1.18. The number of carbonyl (C=O) groups is 3. The first kappa shape index (κ1) is 21.6. The number of aliphatic hydroxyl groups is 1. The van der Waals surface area contributed by atoms with Crippen molar-refractivity contribution in [3.63, 3.8) is 0 Å². The van der Waals surface area contributed by atoms with E-state index in [9.17, 15) is 14.4 Å². The molecule has 1 amide bonds. The van der Waals surface area contributed by atoms with Crippen molar-refractivity contribution in [3.05, 3.63) is 0 Å². The summed E-state index contributed by atoms with van der Waals surface area (Å²) >= 11 is 0. The van der Waals surface area contributed by atoms with Crippen molar-refractivity contribution in [1.82, 2.24) is 5.32 Å². The molecule has 0 aromatic heterocycles. The standard InChI is InChI=1S/C7H15NO3.C5H10N2O3/c1-2-4-8-6(3-5-9)7(10)11;6-3(5(9)10)1-2-4(7)8/h6,8-9H,2-5H2,1H3,(H,10,11);3H,1-2,6H2,(H2,7,8)(H,9,10). The quantitative estimate of drug-likeness (QED) is 0.282. The van der Waals surface area contributed by atoms with Gasteiger partial charge in [-0.3, -0.25) is 14.4 Å². The van der Waals surface area contributed by atoms with Crippen LogP contribution < -0.4 is 16.8 Å². The van der Waals surface area contributed by atoms with Crippen LogP contribution in [0.5, 0.6) is 0 Å². The molecule has 0 aliphatic rings. The molecule has 9 heteroatoms. The third kappa shape index (κ3) is 14.5. The number of nitrogens with one attached hydrogen (secondary N) is 1. The van der Waals surface area contributed by atoms with E-state index in [1.54, 1.807) is 0 Å². The van der Waals surface area contributed by atoms with Crippen molar-refractivity contribution in [2.75, 3.05) is 13.2 Å². The number of hydrogen-bond acceptors (Lipinski definition) is 6. The summed E-state index contributed by atoms with van der Waals surface area (Å²) < 4.78 is 0. The third-order valence-electron chi connectivity index (χ3n) is 2.38. The summed E-state index contributed by atoms with van der Waals surface area (Å²) in [4.78, 5) is 30.6. The van der Waals surface area contributed by atoms with E-state index in [4.69, 9.17) is 26.8 Å². The van der Waals surface area contributed by atoms with Gasteiger partial charge >= 0.3 is 11.9 Å². The molecule has 0 radical (unpaired) electrons. The lowest BCUT2D eigenvalue weighted by Gasteiger charge is -2.11. The van der Waals surface area contributed by atoms with Gasteiger partial charge in [-0.1, -0.05) is 6.92 Å². The van der Waals surface area contributed by atoms with Crippen molar-refractivity contribution >= 4 is 17.8 Å². The van der Waals surface area contributed by atoms with E-state index in [0.29, 0.717) is 6.54 Å². The van der Waals surface area contributed by atoms with Crippen molar-refractivity contribution in [2.45, 2.75) is 44.7 Å². The van der Waals surface area contributed by atoms with Crippen LogP contribution in [0.15, 0.2) is 0 Å². The minimum atomic E-state index is -1.11. The number of rotatable bonds is 10. The Kier molecular flexibility index (Phi) is 13.7. The first-order chi connectivity index (χ1) is 9.76. The van der Waals surface area contributed by atoms with E-state index in [2.05, 4.69) is 5.32 Å². The maximum absolute atomic E-state index is 10.4. The molecule has 21 heavy (non-hydrogen) atoms. The lowest BCUT2D eigenvalue weighted by Crippen LogP contribution is -2.37. The fraction of sp³-hybridized carbons (Fsp3) is 0.750. The fourth-order valence-electron chi connectivity index (χ4n) is 1.18. The number of carboxylic acids is 2. The molecule has 0 fully saturated rings. The smallest absolute Gasteiger partial charge is 0.320 e. The number of carboxylic acid groups (broad SMARTS) is 2. The number of primary amides is 1. The predicted molar refractivity (Wildman–Crippen MR) is 75.5 cm³/mol. The van der Waals surface area contributed by atoms with Crippen LogP contribution in [0.1, 0.15) is 32.6 Å². The van der Waals surface area contributed by atoms with Crippen molar-refractivity contribution < 1.29 is 29.7 Å². The molecule has 0 heterocycles. The monoisotopic (exact) mass is 307 g/mol. The topological polar surface area (TPSA) is 176 Å². The Morgan fingerprint density at radius 3 is 2.05 bits per heavy atom. The zero-order chi connectivity index (χ0) is 16.8. The van der Waals surface area contributed by atoms with Gasteiger partial charge in [-0.15, -0.1) is 0 Å². The van der Waals surface area contributed by atoms with Crippen molar-refractivity contribution in [1.29, 1.82) is 0 Å². The minimum Gasteiger partial charge on any atom is -0.480 e. The van der Waals surface area contributed by atoms with E-state index in [0.717, 1.165) is 6.42 Å². The average molecular weight is 307 g/mol. The molecule has 2 atom stereocenters. The lowest BCUT2D eigenvalue weighted by atomic mass is 10.2. The van der Waals surface area contributed by atoms with Gasteiger partial charge in [0.05, 0.1) is 0 Å². The Morgan fingerprint density at radius 2 is 1.71 bits per heavy atom. The van der Waals surface area contributed by atoms with Gasteiger partial charge in [0.2, 0.25) is 5.91 Å². The number of nitrogens with two attached hydrogens (primary N) is 2. The van der Waals surface area contributed by atoms with Crippen LogP contribution in [-0.2, 0) is 14.4 Å². The summed E-state index contributed by atoms with van der Waals surface area (Å²) in [6.07, 6.45) is 1.29. The molecule has 0 aromatic rings. The Labute approximate surface area is 123 Å². The molecular formula is C12H25N3O6. The molecule has 0 saturated carbocycles.